The standard InChI is InChI=1S/C15H15N3O/c19-15(14-6-3-9-16-14)18-17-13-8-7-11-4-1-2-5-12(11)10-13/h1-6,9,16H,7-8,10H2,(H,18,19)/b17-13+. The van der Waals surface area contributed by atoms with Gasteiger partial charge in [-0.3, -0.25) is 4.79 Å². The summed E-state index contributed by atoms with van der Waals surface area (Å²) in [7, 11) is 0. The van der Waals surface area contributed by atoms with Crippen molar-refractivity contribution in [3.8, 4) is 0 Å². The van der Waals surface area contributed by atoms with Gasteiger partial charge in [-0.1, -0.05) is 24.3 Å². The maximum atomic E-state index is 11.7. The fourth-order valence-electron chi connectivity index (χ4n) is 2.32. The van der Waals surface area contributed by atoms with Gasteiger partial charge in [0, 0.05) is 18.3 Å². The van der Waals surface area contributed by atoms with Gasteiger partial charge in [-0.05, 0) is 36.1 Å². The summed E-state index contributed by atoms with van der Waals surface area (Å²) >= 11 is 0. The van der Waals surface area contributed by atoms with Crippen molar-refractivity contribution in [2.24, 2.45) is 5.10 Å². The number of carbonyl (C=O) groups excluding carboxylic acids is 1. The quantitative estimate of drug-likeness (QED) is 0.793. The molecule has 0 atom stereocenters. The van der Waals surface area contributed by atoms with Crippen molar-refractivity contribution in [2.75, 3.05) is 0 Å². The third-order valence-corrected chi connectivity index (χ3v) is 3.35. The van der Waals surface area contributed by atoms with Gasteiger partial charge in [-0.15, -0.1) is 0 Å². The molecule has 1 aromatic heterocycles. The second kappa shape index (κ2) is 5.10. The van der Waals surface area contributed by atoms with E-state index < -0.39 is 0 Å². The molecule has 1 aliphatic rings. The molecular weight excluding hydrogens is 238 g/mol. The zero-order valence-corrected chi connectivity index (χ0v) is 10.5. The third kappa shape index (κ3) is 2.57. The topological polar surface area (TPSA) is 57.2 Å². The molecule has 0 saturated heterocycles. The van der Waals surface area contributed by atoms with Crippen LogP contribution < -0.4 is 5.43 Å². The van der Waals surface area contributed by atoms with Crippen LogP contribution in [-0.2, 0) is 12.8 Å². The Morgan fingerprint density at radius 3 is 2.74 bits per heavy atom. The zero-order chi connectivity index (χ0) is 13.1. The number of hydrogen-bond acceptors (Lipinski definition) is 2. The van der Waals surface area contributed by atoms with Gasteiger partial charge in [0.1, 0.15) is 5.69 Å². The number of carbonyl (C=O) groups is 1. The Morgan fingerprint density at radius 2 is 1.95 bits per heavy atom. The number of nitrogens with one attached hydrogen (secondary N) is 2. The first-order valence-corrected chi connectivity index (χ1v) is 6.39. The Labute approximate surface area is 111 Å². The summed E-state index contributed by atoms with van der Waals surface area (Å²) in [5.74, 6) is -0.198. The fraction of sp³-hybridized carbons (Fsp3) is 0.200. The number of aromatic nitrogens is 1. The van der Waals surface area contributed by atoms with Crippen LogP contribution in [0, 0.1) is 0 Å². The predicted molar refractivity (Wildman–Crippen MR) is 74.2 cm³/mol. The number of aryl methyl sites for hydroxylation is 1. The van der Waals surface area contributed by atoms with E-state index in [0.717, 1.165) is 25.0 Å². The molecule has 0 radical (unpaired) electrons. The Kier molecular flexibility index (Phi) is 3.14. The average Bonchev–Trinajstić information content (AvgIpc) is 2.99. The first kappa shape index (κ1) is 11.7. The number of nitrogens with zero attached hydrogens (tertiary/aromatic N) is 1. The number of hydrazone groups is 1. The Bertz CT molecular complexity index is 614. The van der Waals surface area contributed by atoms with E-state index in [1.807, 2.05) is 6.07 Å². The maximum absolute atomic E-state index is 11.7. The number of amides is 1. The van der Waals surface area contributed by atoms with E-state index in [0.29, 0.717) is 5.69 Å². The van der Waals surface area contributed by atoms with Crippen LogP contribution in [0.1, 0.15) is 28.0 Å². The predicted octanol–water partition coefficient (Wildman–Crippen LogP) is 2.29. The number of H-pyrrole nitrogens is 1. The average molecular weight is 253 g/mol. The Balaban J connectivity index is 1.68. The number of fused-ring (bicyclic) bond motifs is 1. The lowest BCUT2D eigenvalue weighted by Crippen LogP contribution is -2.22. The molecule has 0 bridgehead atoms. The van der Waals surface area contributed by atoms with Gasteiger partial charge >= 0.3 is 0 Å². The highest BCUT2D eigenvalue weighted by Gasteiger charge is 2.14. The number of rotatable bonds is 2. The highest BCUT2D eigenvalue weighted by Crippen LogP contribution is 2.18. The maximum Gasteiger partial charge on any atom is 0.287 e. The van der Waals surface area contributed by atoms with E-state index in [4.69, 9.17) is 0 Å². The molecule has 2 aromatic rings. The molecule has 1 aliphatic carbocycles. The summed E-state index contributed by atoms with van der Waals surface area (Å²) in [5, 5.41) is 4.24. The van der Waals surface area contributed by atoms with Gasteiger partial charge in [0.2, 0.25) is 0 Å². The Morgan fingerprint density at radius 1 is 1.11 bits per heavy atom. The molecular formula is C15H15N3O. The van der Waals surface area contributed by atoms with Gasteiger partial charge in [0.25, 0.3) is 5.91 Å². The van der Waals surface area contributed by atoms with E-state index >= 15 is 0 Å². The summed E-state index contributed by atoms with van der Waals surface area (Å²) in [6.45, 7) is 0. The van der Waals surface area contributed by atoms with Gasteiger partial charge < -0.3 is 4.98 Å². The molecule has 0 aliphatic heterocycles. The van der Waals surface area contributed by atoms with Crippen molar-refractivity contribution in [2.45, 2.75) is 19.3 Å². The van der Waals surface area contributed by atoms with Crippen molar-refractivity contribution in [1.29, 1.82) is 0 Å². The van der Waals surface area contributed by atoms with E-state index in [1.54, 1.807) is 18.3 Å². The van der Waals surface area contributed by atoms with Crippen LogP contribution in [0.4, 0.5) is 0 Å². The van der Waals surface area contributed by atoms with Crippen LogP contribution in [0.25, 0.3) is 0 Å². The minimum Gasteiger partial charge on any atom is -0.357 e. The molecule has 2 N–H and O–H groups in total. The van der Waals surface area contributed by atoms with Crippen LogP contribution in [0.3, 0.4) is 0 Å². The smallest absolute Gasteiger partial charge is 0.287 e. The minimum absolute atomic E-state index is 0.198. The third-order valence-electron chi connectivity index (χ3n) is 3.35. The van der Waals surface area contributed by atoms with Crippen LogP contribution in [-0.4, -0.2) is 16.6 Å². The van der Waals surface area contributed by atoms with E-state index in [2.05, 4.69) is 33.7 Å². The van der Waals surface area contributed by atoms with Crippen LogP contribution in [0.2, 0.25) is 0 Å². The Hall–Kier alpha value is -2.36. The second-order valence-corrected chi connectivity index (χ2v) is 4.65. The molecule has 19 heavy (non-hydrogen) atoms. The lowest BCUT2D eigenvalue weighted by molar-refractivity contribution is 0.0950. The van der Waals surface area contributed by atoms with Gasteiger partial charge in [-0.25, -0.2) is 5.43 Å². The highest BCUT2D eigenvalue weighted by atomic mass is 16.2. The summed E-state index contributed by atoms with van der Waals surface area (Å²) in [6.07, 6.45) is 4.44. The minimum atomic E-state index is -0.198. The molecule has 0 saturated carbocycles. The normalized spacial score (nSPS) is 16.1. The molecule has 1 heterocycles. The van der Waals surface area contributed by atoms with E-state index in [-0.39, 0.29) is 5.91 Å². The van der Waals surface area contributed by atoms with Crippen molar-refractivity contribution >= 4 is 11.6 Å². The number of hydrogen-bond donors (Lipinski definition) is 2. The molecule has 4 heteroatoms. The first-order chi connectivity index (χ1) is 9.33. The SMILES string of the molecule is O=C(N/N=C1\CCc2ccccc2C1)c1ccc[nH]1. The van der Waals surface area contributed by atoms with Crippen molar-refractivity contribution in [1.82, 2.24) is 10.4 Å². The highest BCUT2D eigenvalue weighted by molar-refractivity contribution is 5.94. The summed E-state index contributed by atoms with van der Waals surface area (Å²) in [6, 6.07) is 11.9. The number of aromatic amines is 1. The molecule has 1 aromatic carbocycles. The van der Waals surface area contributed by atoms with Gasteiger partial charge in [0.05, 0.1) is 0 Å². The molecule has 3 rings (SSSR count). The largest absolute Gasteiger partial charge is 0.357 e. The lowest BCUT2D eigenvalue weighted by atomic mass is 9.90. The van der Waals surface area contributed by atoms with Gasteiger partial charge in [0.15, 0.2) is 0 Å². The monoisotopic (exact) mass is 253 g/mol. The summed E-state index contributed by atoms with van der Waals surface area (Å²) < 4.78 is 0. The summed E-state index contributed by atoms with van der Waals surface area (Å²) in [5.41, 5.74) is 6.85. The van der Waals surface area contributed by atoms with E-state index in [9.17, 15) is 4.79 Å². The molecule has 0 unspecified atom stereocenters. The lowest BCUT2D eigenvalue weighted by Gasteiger charge is -2.17. The number of benzene rings is 1. The summed E-state index contributed by atoms with van der Waals surface area (Å²) in [4.78, 5) is 14.6. The second-order valence-electron chi connectivity index (χ2n) is 4.65. The fourth-order valence-corrected chi connectivity index (χ4v) is 2.32. The first-order valence-electron chi connectivity index (χ1n) is 6.39. The van der Waals surface area contributed by atoms with Crippen LogP contribution in [0.15, 0.2) is 47.7 Å². The molecule has 96 valence electrons. The van der Waals surface area contributed by atoms with E-state index in [1.165, 1.54) is 11.1 Å². The van der Waals surface area contributed by atoms with Crippen molar-refractivity contribution in [3.63, 3.8) is 0 Å². The van der Waals surface area contributed by atoms with Crippen LogP contribution in [0.5, 0.6) is 0 Å². The van der Waals surface area contributed by atoms with Crippen molar-refractivity contribution < 1.29 is 4.79 Å². The molecule has 4 nitrogen and oxygen atoms in total. The molecule has 1 amide bonds. The van der Waals surface area contributed by atoms with Gasteiger partial charge in [-0.2, -0.15) is 5.10 Å². The zero-order valence-electron chi connectivity index (χ0n) is 10.5. The molecule has 0 fully saturated rings. The molecule has 0 spiro atoms. The van der Waals surface area contributed by atoms with Crippen molar-refractivity contribution in [3.05, 3.63) is 59.4 Å². The van der Waals surface area contributed by atoms with Crippen LogP contribution >= 0.6 is 0 Å².